The van der Waals surface area contributed by atoms with Crippen molar-refractivity contribution in [1.82, 2.24) is 40.3 Å². The minimum Gasteiger partial charge on any atom is -0.477 e. The molecule has 0 saturated carbocycles. The molecular weight excluding hydrogens is 596 g/mol. The lowest BCUT2D eigenvalue weighted by Crippen LogP contribution is -2.22. The van der Waals surface area contributed by atoms with E-state index in [4.69, 9.17) is 0 Å². The lowest BCUT2D eigenvalue weighted by Gasteiger charge is -2.06. The average molecular weight is 614 g/mol. The number of carboxylic acids is 2. The number of hydrogen-bond acceptors (Lipinski definition) is 12. The van der Waals surface area contributed by atoms with E-state index < -0.39 is 50.2 Å². The highest BCUT2D eigenvalue weighted by Crippen LogP contribution is 2.27. The van der Waals surface area contributed by atoms with Gasteiger partial charge in [-0.3, -0.25) is 25.0 Å². The highest BCUT2D eigenvalue weighted by Gasteiger charge is 2.23. The van der Waals surface area contributed by atoms with E-state index in [0.29, 0.717) is 6.54 Å². The van der Waals surface area contributed by atoms with Crippen molar-refractivity contribution in [1.29, 1.82) is 0 Å². The van der Waals surface area contributed by atoms with E-state index >= 15 is 0 Å². The fraction of sp³-hybridized carbons (Fsp3) is 0.0769. The van der Waals surface area contributed by atoms with Crippen molar-refractivity contribution in [3.8, 4) is 34.2 Å². The zero-order valence-electron chi connectivity index (χ0n) is 22.8. The number of carbonyl (C=O) groups excluding carboxylic acids is 1. The maximum absolute atomic E-state index is 12.8. The predicted octanol–water partition coefficient (Wildman–Crippen LogP) is 2.54. The maximum Gasteiger partial charge on any atom is 0.342 e. The van der Waals surface area contributed by atoms with Gasteiger partial charge in [0.15, 0.2) is 0 Å². The lowest BCUT2D eigenvalue weighted by atomic mass is 10.1. The van der Waals surface area contributed by atoms with Crippen molar-refractivity contribution in [3.63, 3.8) is 0 Å². The second-order valence-corrected chi connectivity index (χ2v) is 9.11. The van der Waals surface area contributed by atoms with Crippen molar-refractivity contribution in [2.45, 2.75) is 6.92 Å². The summed E-state index contributed by atoms with van der Waals surface area (Å²) in [5.74, 6) is -3.40. The zero-order valence-corrected chi connectivity index (χ0v) is 22.8. The number of aromatic nitrogens is 7. The van der Waals surface area contributed by atoms with Gasteiger partial charge in [0.05, 0.1) is 45.0 Å². The summed E-state index contributed by atoms with van der Waals surface area (Å²) < 4.78 is 2.33. The van der Waals surface area contributed by atoms with Gasteiger partial charge in [0.1, 0.15) is 22.5 Å². The number of pyridine rings is 1. The van der Waals surface area contributed by atoms with E-state index in [9.17, 15) is 44.8 Å². The number of nitro benzene ring substituents is 2. The molecule has 0 bridgehead atoms. The molecule has 3 aromatic heterocycles. The van der Waals surface area contributed by atoms with Gasteiger partial charge in [-0.2, -0.15) is 0 Å². The van der Waals surface area contributed by atoms with E-state index in [-0.39, 0.29) is 39.7 Å². The summed E-state index contributed by atoms with van der Waals surface area (Å²) in [5.41, 5.74) is -1.32. The van der Waals surface area contributed by atoms with E-state index in [0.717, 1.165) is 33.6 Å². The first-order valence-electron chi connectivity index (χ1n) is 12.7. The number of rotatable bonds is 10. The van der Waals surface area contributed by atoms with Crippen molar-refractivity contribution in [3.05, 3.63) is 97.8 Å². The summed E-state index contributed by atoms with van der Waals surface area (Å²) in [6.45, 7) is 2.04. The van der Waals surface area contributed by atoms with E-state index in [2.05, 4.69) is 30.9 Å². The second kappa shape index (κ2) is 11.8. The molecular formula is C26H18N10O9. The molecule has 5 aromatic rings. The van der Waals surface area contributed by atoms with Crippen molar-refractivity contribution in [2.75, 3.05) is 6.54 Å². The molecule has 0 atom stereocenters. The third-order valence-corrected chi connectivity index (χ3v) is 6.28. The number of benzene rings is 2. The summed E-state index contributed by atoms with van der Waals surface area (Å²) in [5, 5.41) is 60.1. The number of aromatic carboxylic acids is 2. The van der Waals surface area contributed by atoms with Crippen LogP contribution in [0, 0.1) is 20.2 Å². The zero-order chi connectivity index (χ0) is 32.4. The van der Waals surface area contributed by atoms with E-state index in [1.54, 1.807) is 6.92 Å². The highest BCUT2D eigenvalue weighted by atomic mass is 16.6. The maximum atomic E-state index is 12.8. The Labute approximate surface area is 249 Å². The molecule has 0 saturated heterocycles. The van der Waals surface area contributed by atoms with Gasteiger partial charge in [-0.25, -0.2) is 23.9 Å². The van der Waals surface area contributed by atoms with Crippen LogP contribution in [0.25, 0.3) is 34.2 Å². The number of nitro groups is 2. The first-order chi connectivity index (χ1) is 21.5. The molecule has 3 heterocycles. The number of hydrogen-bond donors (Lipinski definition) is 3. The Kier molecular flexibility index (Phi) is 7.72. The normalized spacial score (nSPS) is 10.8. The summed E-state index contributed by atoms with van der Waals surface area (Å²) in [6, 6.07) is 9.66. The minimum atomic E-state index is -1.47. The number of amides is 1. The molecule has 5 rings (SSSR count). The fourth-order valence-corrected chi connectivity index (χ4v) is 4.19. The van der Waals surface area contributed by atoms with Gasteiger partial charge in [0, 0.05) is 24.2 Å². The van der Waals surface area contributed by atoms with Crippen molar-refractivity contribution < 1.29 is 34.4 Å². The molecule has 226 valence electrons. The van der Waals surface area contributed by atoms with Crippen LogP contribution in [0.5, 0.6) is 0 Å². The van der Waals surface area contributed by atoms with Gasteiger partial charge < -0.3 is 15.5 Å². The van der Waals surface area contributed by atoms with Gasteiger partial charge in [-0.1, -0.05) is 10.4 Å². The topological polar surface area (TPSA) is 264 Å². The predicted molar refractivity (Wildman–Crippen MR) is 150 cm³/mol. The molecule has 0 aliphatic rings. The molecule has 19 nitrogen and oxygen atoms in total. The Bertz CT molecular complexity index is 1900. The number of carbonyl (C=O) groups is 3. The van der Waals surface area contributed by atoms with Crippen molar-refractivity contribution >= 4 is 29.2 Å². The number of nitrogens with zero attached hydrogens (tertiary/aromatic N) is 9. The molecule has 0 fully saturated rings. The average Bonchev–Trinajstić information content (AvgIpc) is 3.71. The first kappa shape index (κ1) is 29.6. The molecule has 0 aliphatic heterocycles. The Morgan fingerprint density at radius 2 is 1.20 bits per heavy atom. The van der Waals surface area contributed by atoms with Crippen LogP contribution < -0.4 is 5.32 Å². The number of carboxylic acid groups (broad SMARTS) is 2. The van der Waals surface area contributed by atoms with E-state index in [1.807, 2.05) is 0 Å². The Balaban J connectivity index is 1.55. The summed E-state index contributed by atoms with van der Waals surface area (Å²) in [6.07, 6.45) is 2.74. The van der Waals surface area contributed by atoms with Crippen LogP contribution in [0.15, 0.2) is 60.9 Å². The molecule has 0 unspecified atom stereocenters. The van der Waals surface area contributed by atoms with Gasteiger partial charge in [0.2, 0.25) is 0 Å². The van der Waals surface area contributed by atoms with Gasteiger partial charge >= 0.3 is 11.9 Å². The standard InChI is InChI=1S/C26H18N10O9/c1-2-27-24(37)13-7-18(20-11-33(31-29-20)14-3-5-16(25(38)39)22(9-14)35(42)43)28-19(8-13)21-12-34(32-30-21)15-4-6-17(26(40)41)23(10-15)36(44)45/h3-12H,2H2,1H3,(H,27,37)(H,38,39)(H,40,41). The van der Waals surface area contributed by atoms with Crippen LogP contribution in [0.3, 0.4) is 0 Å². The molecule has 0 aliphatic carbocycles. The SMILES string of the molecule is CCNC(=O)c1cc(-c2cn(-c3ccc(C(=O)O)c([N+](=O)[O-])c3)nn2)nc(-c2cn(-c3ccc(C(=O)O)c([N+](=O)[O-])c3)nn2)c1. The summed E-state index contributed by atoms with van der Waals surface area (Å²) in [7, 11) is 0. The molecule has 3 N–H and O–H groups in total. The molecule has 1 amide bonds. The quantitative estimate of drug-likeness (QED) is 0.151. The molecule has 19 heteroatoms. The Morgan fingerprint density at radius 3 is 1.58 bits per heavy atom. The fourth-order valence-electron chi connectivity index (χ4n) is 4.19. The van der Waals surface area contributed by atoms with Gasteiger partial charge in [-0.15, -0.1) is 10.2 Å². The summed E-state index contributed by atoms with van der Waals surface area (Å²) >= 11 is 0. The van der Waals surface area contributed by atoms with Crippen LogP contribution >= 0.6 is 0 Å². The largest absolute Gasteiger partial charge is 0.477 e. The van der Waals surface area contributed by atoms with Gasteiger partial charge in [-0.05, 0) is 43.3 Å². The molecule has 0 spiro atoms. The minimum absolute atomic E-state index is 0.136. The third-order valence-electron chi connectivity index (χ3n) is 6.28. The monoisotopic (exact) mass is 614 g/mol. The van der Waals surface area contributed by atoms with Gasteiger partial charge in [0.25, 0.3) is 17.3 Å². The second-order valence-electron chi connectivity index (χ2n) is 9.11. The number of nitrogens with one attached hydrogen (secondary N) is 1. The third kappa shape index (κ3) is 5.88. The molecule has 0 radical (unpaired) electrons. The Hall–Kier alpha value is -6.92. The van der Waals surface area contributed by atoms with E-state index in [1.165, 1.54) is 36.7 Å². The highest BCUT2D eigenvalue weighted by molar-refractivity contribution is 5.96. The smallest absolute Gasteiger partial charge is 0.342 e. The van der Waals surface area contributed by atoms with Crippen LogP contribution in [0.4, 0.5) is 11.4 Å². The van der Waals surface area contributed by atoms with Crippen LogP contribution in [-0.2, 0) is 0 Å². The molecule has 45 heavy (non-hydrogen) atoms. The van der Waals surface area contributed by atoms with Crippen LogP contribution in [0.1, 0.15) is 38.0 Å². The Morgan fingerprint density at radius 1 is 0.756 bits per heavy atom. The summed E-state index contributed by atoms with van der Waals surface area (Å²) in [4.78, 5) is 61.2. The van der Waals surface area contributed by atoms with Crippen molar-refractivity contribution in [2.24, 2.45) is 0 Å². The van der Waals surface area contributed by atoms with Crippen LogP contribution in [-0.4, -0.2) is 79.4 Å². The molecule has 2 aromatic carbocycles. The first-order valence-corrected chi connectivity index (χ1v) is 12.7. The lowest BCUT2D eigenvalue weighted by molar-refractivity contribution is -0.385. The van der Waals surface area contributed by atoms with Crippen LogP contribution in [0.2, 0.25) is 0 Å².